The lowest BCUT2D eigenvalue weighted by Gasteiger charge is -2.12. The van der Waals surface area contributed by atoms with Crippen LogP contribution >= 0.6 is 0 Å². The van der Waals surface area contributed by atoms with Crippen molar-refractivity contribution in [3.05, 3.63) is 53.9 Å². The molecule has 0 aliphatic heterocycles. The van der Waals surface area contributed by atoms with Gasteiger partial charge in [0.25, 0.3) is 0 Å². The number of rotatable bonds is 6. The third-order valence-electron chi connectivity index (χ3n) is 2.85. The Bertz CT molecular complexity index is 603. The summed E-state index contributed by atoms with van der Waals surface area (Å²) in [6.07, 6.45) is 3.14. The first-order valence-corrected chi connectivity index (χ1v) is 6.82. The van der Waals surface area contributed by atoms with Crippen LogP contribution in [0.25, 0.3) is 0 Å². The lowest BCUT2D eigenvalue weighted by molar-refractivity contribution is 0.427. The normalized spacial score (nSPS) is 10.9. The van der Waals surface area contributed by atoms with Crippen LogP contribution in [0.4, 0.5) is 8.78 Å². The number of benzene rings is 1. The molecule has 0 aliphatic rings. The third-order valence-corrected chi connectivity index (χ3v) is 2.85. The first kappa shape index (κ1) is 15.4. The van der Waals surface area contributed by atoms with E-state index in [0.29, 0.717) is 18.2 Å². The molecule has 0 unspecified atom stereocenters. The van der Waals surface area contributed by atoms with E-state index < -0.39 is 11.6 Å². The monoisotopic (exact) mass is 292 g/mol. The van der Waals surface area contributed by atoms with Crippen LogP contribution in [0.1, 0.15) is 19.4 Å². The maximum atomic E-state index is 13.6. The van der Waals surface area contributed by atoms with E-state index in [1.807, 2.05) is 0 Å². The van der Waals surface area contributed by atoms with Gasteiger partial charge in [-0.2, -0.15) is 0 Å². The lowest BCUT2D eigenvalue weighted by atomic mass is 10.2. The molecule has 0 amide bonds. The summed E-state index contributed by atoms with van der Waals surface area (Å²) in [4.78, 5) is 3.97. The van der Waals surface area contributed by atoms with Crippen molar-refractivity contribution in [3.8, 4) is 11.5 Å². The van der Waals surface area contributed by atoms with Gasteiger partial charge < -0.3 is 10.1 Å². The molecule has 0 bridgehead atoms. The quantitative estimate of drug-likeness (QED) is 0.877. The van der Waals surface area contributed by atoms with E-state index in [-0.39, 0.29) is 5.75 Å². The highest BCUT2D eigenvalue weighted by molar-refractivity contribution is 5.36. The molecule has 0 saturated carbocycles. The van der Waals surface area contributed by atoms with E-state index in [9.17, 15) is 8.78 Å². The Morgan fingerprint density at radius 3 is 2.76 bits per heavy atom. The number of pyridine rings is 1. The molecule has 0 aliphatic carbocycles. The van der Waals surface area contributed by atoms with E-state index in [0.717, 1.165) is 30.3 Å². The van der Waals surface area contributed by atoms with Gasteiger partial charge in [-0.25, -0.2) is 8.78 Å². The number of hydrogen-bond acceptors (Lipinski definition) is 3. The second kappa shape index (κ2) is 7.13. The van der Waals surface area contributed by atoms with Crippen LogP contribution in [0.15, 0.2) is 36.7 Å². The first-order chi connectivity index (χ1) is 10.1. The molecule has 0 atom stereocenters. The fraction of sp³-hybridized carbons (Fsp3) is 0.312. The van der Waals surface area contributed by atoms with E-state index >= 15 is 0 Å². The summed E-state index contributed by atoms with van der Waals surface area (Å²) in [5.41, 5.74) is 0.842. The Morgan fingerprint density at radius 1 is 1.19 bits per heavy atom. The molecule has 21 heavy (non-hydrogen) atoms. The van der Waals surface area contributed by atoms with Gasteiger partial charge in [-0.1, -0.05) is 13.8 Å². The molecular weight excluding hydrogens is 274 g/mol. The van der Waals surface area contributed by atoms with Crippen molar-refractivity contribution in [1.29, 1.82) is 0 Å². The standard InChI is InChI=1S/C16H18F2N2O/c1-11(2)8-20-9-12-5-6-19-10-16(12)21-15-7-13(17)3-4-14(15)18/h3-7,10-11,20H,8-9H2,1-2H3. The van der Waals surface area contributed by atoms with Crippen molar-refractivity contribution in [2.45, 2.75) is 20.4 Å². The number of ether oxygens (including phenoxy) is 1. The van der Waals surface area contributed by atoms with Crippen LogP contribution in [0, 0.1) is 17.6 Å². The molecule has 5 heteroatoms. The molecule has 2 rings (SSSR count). The summed E-state index contributed by atoms with van der Waals surface area (Å²) < 4.78 is 32.2. The minimum atomic E-state index is -0.610. The van der Waals surface area contributed by atoms with Crippen LogP contribution < -0.4 is 10.1 Å². The minimum absolute atomic E-state index is 0.145. The molecule has 112 valence electrons. The van der Waals surface area contributed by atoms with Gasteiger partial charge in [0, 0.05) is 24.4 Å². The first-order valence-electron chi connectivity index (χ1n) is 6.82. The second-order valence-electron chi connectivity index (χ2n) is 5.18. The fourth-order valence-corrected chi connectivity index (χ4v) is 1.82. The summed E-state index contributed by atoms with van der Waals surface area (Å²) in [5, 5.41) is 3.28. The molecule has 3 nitrogen and oxygen atoms in total. The molecule has 0 radical (unpaired) electrons. The van der Waals surface area contributed by atoms with E-state index in [2.05, 4.69) is 24.1 Å². The fourth-order valence-electron chi connectivity index (χ4n) is 1.82. The maximum Gasteiger partial charge on any atom is 0.166 e. The zero-order chi connectivity index (χ0) is 15.2. The summed E-state index contributed by atoms with van der Waals surface area (Å²) in [7, 11) is 0. The van der Waals surface area contributed by atoms with E-state index in [4.69, 9.17) is 4.74 Å². The highest BCUT2D eigenvalue weighted by atomic mass is 19.1. The molecule has 2 aromatic rings. The van der Waals surface area contributed by atoms with Crippen LogP contribution in [0.3, 0.4) is 0 Å². The zero-order valence-corrected chi connectivity index (χ0v) is 12.1. The molecule has 0 fully saturated rings. The molecule has 1 aromatic carbocycles. The van der Waals surface area contributed by atoms with Crippen molar-refractivity contribution >= 4 is 0 Å². The largest absolute Gasteiger partial charge is 0.452 e. The molecule has 1 N–H and O–H groups in total. The molecule has 0 saturated heterocycles. The van der Waals surface area contributed by atoms with Gasteiger partial charge >= 0.3 is 0 Å². The second-order valence-corrected chi connectivity index (χ2v) is 5.18. The summed E-state index contributed by atoms with van der Waals surface area (Å²) in [6, 6.07) is 4.90. The maximum absolute atomic E-state index is 13.6. The average molecular weight is 292 g/mol. The average Bonchev–Trinajstić information content (AvgIpc) is 2.44. The Hall–Kier alpha value is -2.01. The van der Waals surface area contributed by atoms with E-state index in [1.165, 1.54) is 6.20 Å². The van der Waals surface area contributed by atoms with Gasteiger partial charge in [0.1, 0.15) is 11.6 Å². The van der Waals surface area contributed by atoms with Crippen molar-refractivity contribution < 1.29 is 13.5 Å². The number of halogens is 2. The molecule has 1 aromatic heterocycles. The number of hydrogen-bond donors (Lipinski definition) is 1. The van der Waals surface area contributed by atoms with Gasteiger partial charge in [0.15, 0.2) is 11.6 Å². The predicted molar refractivity (Wildman–Crippen MR) is 77.2 cm³/mol. The lowest BCUT2D eigenvalue weighted by Crippen LogP contribution is -2.19. The van der Waals surface area contributed by atoms with Gasteiger partial charge in [0.2, 0.25) is 0 Å². The summed E-state index contributed by atoms with van der Waals surface area (Å²) >= 11 is 0. The van der Waals surface area contributed by atoms with Gasteiger partial charge in [-0.15, -0.1) is 0 Å². The zero-order valence-electron chi connectivity index (χ0n) is 12.1. The summed E-state index contributed by atoms with van der Waals surface area (Å²) in [6.45, 7) is 5.65. The van der Waals surface area contributed by atoms with Gasteiger partial charge in [0.05, 0.1) is 6.20 Å². The van der Waals surface area contributed by atoms with Crippen molar-refractivity contribution in [1.82, 2.24) is 10.3 Å². The third kappa shape index (κ3) is 4.49. The highest BCUT2D eigenvalue weighted by Crippen LogP contribution is 2.27. The van der Waals surface area contributed by atoms with Crippen LogP contribution in [0.2, 0.25) is 0 Å². The number of nitrogens with one attached hydrogen (secondary N) is 1. The summed E-state index contributed by atoms with van der Waals surface area (Å²) in [5.74, 6) is -0.362. The Labute approximate surface area is 123 Å². The van der Waals surface area contributed by atoms with Crippen LogP contribution in [-0.2, 0) is 6.54 Å². The van der Waals surface area contributed by atoms with Gasteiger partial charge in [-0.05, 0) is 30.7 Å². The van der Waals surface area contributed by atoms with Crippen LogP contribution in [-0.4, -0.2) is 11.5 Å². The van der Waals surface area contributed by atoms with Crippen LogP contribution in [0.5, 0.6) is 11.5 Å². The Morgan fingerprint density at radius 2 is 2.00 bits per heavy atom. The predicted octanol–water partition coefficient (Wildman–Crippen LogP) is 3.90. The molecular formula is C16H18F2N2O. The van der Waals surface area contributed by atoms with Crippen molar-refractivity contribution in [2.24, 2.45) is 5.92 Å². The highest BCUT2D eigenvalue weighted by Gasteiger charge is 2.10. The number of nitrogens with zero attached hydrogens (tertiary/aromatic N) is 1. The minimum Gasteiger partial charge on any atom is -0.452 e. The van der Waals surface area contributed by atoms with E-state index in [1.54, 1.807) is 12.3 Å². The van der Waals surface area contributed by atoms with Crippen molar-refractivity contribution in [2.75, 3.05) is 6.54 Å². The molecule has 1 heterocycles. The smallest absolute Gasteiger partial charge is 0.166 e. The Balaban J connectivity index is 2.14. The van der Waals surface area contributed by atoms with Gasteiger partial charge in [-0.3, -0.25) is 4.98 Å². The SMILES string of the molecule is CC(C)CNCc1ccncc1Oc1cc(F)ccc1F. The molecule has 0 spiro atoms. The number of aromatic nitrogens is 1. The van der Waals surface area contributed by atoms with Crippen molar-refractivity contribution in [3.63, 3.8) is 0 Å². The Kier molecular flexibility index (Phi) is 5.22. The topological polar surface area (TPSA) is 34.2 Å².